The van der Waals surface area contributed by atoms with E-state index in [1.807, 2.05) is 30.3 Å². The summed E-state index contributed by atoms with van der Waals surface area (Å²) >= 11 is 9.39. The minimum atomic E-state index is -0.822. The number of carbonyl (C=O) groups is 2. The highest BCUT2D eigenvalue weighted by atomic mass is 79.9. The molecule has 0 saturated carbocycles. The van der Waals surface area contributed by atoms with Gasteiger partial charge < -0.3 is 10.6 Å². The fourth-order valence-electron chi connectivity index (χ4n) is 1.93. The van der Waals surface area contributed by atoms with Gasteiger partial charge in [-0.2, -0.15) is 5.10 Å². The molecule has 8 heteroatoms. The summed E-state index contributed by atoms with van der Waals surface area (Å²) in [6, 6.07) is 12.9. The van der Waals surface area contributed by atoms with Crippen molar-refractivity contribution >= 4 is 56.9 Å². The van der Waals surface area contributed by atoms with Crippen molar-refractivity contribution < 1.29 is 9.59 Å². The standard InChI is InChI=1S/C17H16BrClN4O2/c1-2-20-16(24)17(25)23-21-10-11-8-12(18)6-7-15(11)22-14-5-3-4-13(19)9-14/h3-10,22H,2H2,1H3,(H,20,24)(H,23,25)/b21-10-. The van der Waals surface area contributed by atoms with Crippen molar-refractivity contribution in [1.82, 2.24) is 10.7 Å². The molecule has 0 bridgehead atoms. The Bertz CT molecular complexity index is 811. The van der Waals surface area contributed by atoms with Crippen molar-refractivity contribution in [3.8, 4) is 0 Å². The molecule has 0 spiro atoms. The van der Waals surface area contributed by atoms with Crippen LogP contribution in [-0.2, 0) is 9.59 Å². The van der Waals surface area contributed by atoms with Crippen LogP contribution in [0.1, 0.15) is 12.5 Å². The Morgan fingerprint density at radius 1 is 1.20 bits per heavy atom. The Balaban J connectivity index is 2.14. The lowest BCUT2D eigenvalue weighted by Crippen LogP contribution is -2.37. The van der Waals surface area contributed by atoms with E-state index in [1.54, 1.807) is 19.1 Å². The molecule has 0 saturated heterocycles. The van der Waals surface area contributed by atoms with E-state index >= 15 is 0 Å². The van der Waals surface area contributed by atoms with E-state index in [0.29, 0.717) is 17.1 Å². The van der Waals surface area contributed by atoms with Gasteiger partial charge in [0.1, 0.15) is 0 Å². The van der Waals surface area contributed by atoms with Crippen molar-refractivity contribution in [2.45, 2.75) is 6.92 Å². The van der Waals surface area contributed by atoms with Crippen LogP contribution in [0.4, 0.5) is 11.4 Å². The Kier molecular flexibility index (Phi) is 6.97. The molecule has 2 rings (SSSR count). The molecule has 2 aromatic rings. The van der Waals surface area contributed by atoms with Gasteiger partial charge in [0.25, 0.3) is 0 Å². The molecule has 0 fully saturated rings. The zero-order valence-corrected chi connectivity index (χ0v) is 15.7. The van der Waals surface area contributed by atoms with Crippen LogP contribution in [0.15, 0.2) is 52.0 Å². The fraction of sp³-hybridized carbons (Fsp3) is 0.118. The molecular formula is C17H16BrClN4O2. The molecule has 0 heterocycles. The predicted octanol–water partition coefficient (Wildman–Crippen LogP) is 3.43. The van der Waals surface area contributed by atoms with Gasteiger partial charge in [-0.25, -0.2) is 5.43 Å². The summed E-state index contributed by atoms with van der Waals surface area (Å²) in [7, 11) is 0. The van der Waals surface area contributed by atoms with Crippen LogP contribution in [0.25, 0.3) is 0 Å². The minimum Gasteiger partial charge on any atom is -0.355 e. The Labute approximate surface area is 158 Å². The van der Waals surface area contributed by atoms with Crippen LogP contribution in [0, 0.1) is 0 Å². The van der Waals surface area contributed by atoms with Gasteiger partial charge in [0.05, 0.1) is 6.21 Å². The third-order valence-corrected chi connectivity index (χ3v) is 3.76. The number of likely N-dealkylation sites (N-methyl/N-ethyl adjacent to an activating group) is 1. The average molecular weight is 424 g/mol. The maximum absolute atomic E-state index is 11.5. The zero-order chi connectivity index (χ0) is 18.2. The number of carbonyl (C=O) groups excluding carboxylic acids is 2. The molecule has 0 aliphatic heterocycles. The highest BCUT2D eigenvalue weighted by Crippen LogP contribution is 2.25. The number of nitrogens with zero attached hydrogens (tertiary/aromatic N) is 1. The minimum absolute atomic E-state index is 0.370. The number of nitrogens with one attached hydrogen (secondary N) is 3. The number of anilines is 2. The quantitative estimate of drug-likeness (QED) is 0.391. The van der Waals surface area contributed by atoms with E-state index in [1.165, 1.54) is 6.21 Å². The van der Waals surface area contributed by atoms with E-state index < -0.39 is 11.8 Å². The Morgan fingerprint density at radius 2 is 2.00 bits per heavy atom. The second kappa shape index (κ2) is 9.19. The van der Waals surface area contributed by atoms with Crippen LogP contribution in [-0.4, -0.2) is 24.6 Å². The maximum Gasteiger partial charge on any atom is 0.329 e. The van der Waals surface area contributed by atoms with Gasteiger partial charge in [0.15, 0.2) is 0 Å². The molecule has 0 aliphatic rings. The van der Waals surface area contributed by atoms with Crippen molar-refractivity contribution in [3.63, 3.8) is 0 Å². The first kappa shape index (κ1) is 19.0. The molecule has 0 atom stereocenters. The molecule has 2 aromatic carbocycles. The zero-order valence-electron chi connectivity index (χ0n) is 13.3. The van der Waals surface area contributed by atoms with Gasteiger partial charge in [-0.1, -0.05) is 33.6 Å². The number of hydrogen-bond acceptors (Lipinski definition) is 4. The van der Waals surface area contributed by atoms with E-state index in [0.717, 1.165) is 15.8 Å². The SMILES string of the molecule is CCNC(=O)C(=O)N/N=C\c1cc(Br)ccc1Nc1cccc(Cl)c1. The topological polar surface area (TPSA) is 82.6 Å². The van der Waals surface area contributed by atoms with Gasteiger partial charge in [0, 0.05) is 33.0 Å². The lowest BCUT2D eigenvalue weighted by atomic mass is 10.2. The maximum atomic E-state index is 11.5. The molecule has 2 amide bonds. The summed E-state index contributed by atoms with van der Waals surface area (Å²) in [5.41, 5.74) is 4.48. The smallest absolute Gasteiger partial charge is 0.329 e. The summed E-state index contributed by atoms with van der Waals surface area (Å²) < 4.78 is 0.848. The fourth-order valence-corrected chi connectivity index (χ4v) is 2.50. The monoisotopic (exact) mass is 422 g/mol. The molecular weight excluding hydrogens is 408 g/mol. The number of hydrogen-bond donors (Lipinski definition) is 3. The lowest BCUT2D eigenvalue weighted by molar-refractivity contribution is -0.139. The average Bonchev–Trinajstić information content (AvgIpc) is 2.57. The highest BCUT2D eigenvalue weighted by molar-refractivity contribution is 9.10. The summed E-state index contributed by atoms with van der Waals surface area (Å²) in [6.07, 6.45) is 1.45. The van der Waals surface area contributed by atoms with Gasteiger partial charge in [0.2, 0.25) is 0 Å². The Hall–Kier alpha value is -2.38. The third-order valence-electron chi connectivity index (χ3n) is 3.03. The first-order valence-electron chi connectivity index (χ1n) is 7.43. The molecule has 130 valence electrons. The third kappa shape index (κ3) is 5.88. The molecule has 0 unspecified atom stereocenters. The summed E-state index contributed by atoms with van der Waals surface area (Å²) in [5, 5.41) is 10.1. The van der Waals surface area contributed by atoms with Crippen molar-refractivity contribution in [2.24, 2.45) is 5.10 Å². The van der Waals surface area contributed by atoms with Gasteiger partial charge >= 0.3 is 11.8 Å². The highest BCUT2D eigenvalue weighted by Gasteiger charge is 2.10. The van der Waals surface area contributed by atoms with Gasteiger partial charge in [-0.3, -0.25) is 9.59 Å². The van der Waals surface area contributed by atoms with Crippen molar-refractivity contribution in [2.75, 3.05) is 11.9 Å². The summed E-state index contributed by atoms with van der Waals surface area (Å²) in [6.45, 7) is 2.10. The normalized spacial score (nSPS) is 10.5. The molecule has 0 aromatic heterocycles. The molecule has 6 nitrogen and oxygen atoms in total. The largest absolute Gasteiger partial charge is 0.355 e. The van der Waals surface area contributed by atoms with E-state index in [4.69, 9.17) is 11.6 Å². The molecule has 3 N–H and O–H groups in total. The Morgan fingerprint density at radius 3 is 2.72 bits per heavy atom. The number of rotatable bonds is 5. The van der Waals surface area contributed by atoms with Gasteiger partial charge in [-0.05, 0) is 43.3 Å². The lowest BCUT2D eigenvalue weighted by Gasteiger charge is -2.10. The summed E-state index contributed by atoms with van der Waals surface area (Å²) in [5.74, 6) is -1.55. The second-order valence-corrected chi connectivity index (χ2v) is 6.28. The first-order chi connectivity index (χ1) is 12.0. The van der Waals surface area contributed by atoms with Crippen LogP contribution >= 0.6 is 27.5 Å². The molecule has 0 radical (unpaired) electrons. The van der Waals surface area contributed by atoms with Crippen molar-refractivity contribution in [1.29, 1.82) is 0 Å². The number of amides is 2. The van der Waals surface area contributed by atoms with E-state index in [2.05, 4.69) is 37.1 Å². The second-order valence-electron chi connectivity index (χ2n) is 4.93. The predicted molar refractivity (Wildman–Crippen MR) is 103 cm³/mol. The van der Waals surface area contributed by atoms with Gasteiger partial charge in [-0.15, -0.1) is 0 Å². The molecule has 0 aliphatic carbocycles. The van der Waals surface area contributed by atoms with Crippen LogP contribution in [0.3, 0.4) is 0 Å². The van der Waals surface area contributed by atoms with E-state index in [9.17, 15) is 9.59 Å². The number of halogens is 2. The number of benzene rings is 2. The van der Waals surface area contributed by atoms with Crippen LogP contribution in [0.2, 0.25) is 5.02 Å². The van der Waals surface area contributed by atoms with Crippen LogP contribution in [0.5, 0.6) is 0 Å². The van der Waals surface area contributed by atoms with E-state index in [-0.39, 0.29) is 0 Å². The first-order valence-corrected chi connectivity index (χ1v) is 8.60. The van der Waals surface area contributed by atoms with Crippen molar-refractivity contribution in [3.05, 3.63) is 57.5 Å². The summed E-state index contributed by atoms with van der Waals surface area (Å²) in [4.78, 5) is 22.9. The van der Waals surface area contributed by atoms with Crippen LogP contribution < -0.4 is 16.1 Å². The molecule has 25 heavy (non-hydrogen) atoms. The number of hydrazone groups is 1.